The maximum atomic E-state index is 12.9. The topological polar surface area (TPSA) is 106 Å². The van der Waals surface area contributed by atoms with Crippen LogP contribution in [-0.2, 0) is 13.0 Å². The normalized spacial score (nSPS) is 20.3. The van der Waals surface area contributed by atoms with Crippen molar-refractivity contribution in [3.05, 3.63) is 29.6 Å². The summed E-state index contributed by atoms with van der Waals surface area (Å²) in [5.74, 6) is -0.115. The molecule has 0 spiro atoms. The number of fused-ring (bicyclic) bond motifs is 1. The lowest BCUT2D eigenvalue weighted by molar-refractivity contribution is 0.0655. The summed E-state index contributed by atoms with van der Waals surface area (Å²) in [7, 11) is 0. The van der Waals surface area contributed by atoms with Crippen molar-refractivity contribution in [3.8, 4) is 0 Å². The second-order valence-corrected chi connectivity index (χ2v) is 6.60. The number of carboxylic acid groups (broad SMARTS) is 1. The van der Waals surface area contributed by atoms with Gasteiger partial charge in [0.1, 0.15) is 11.5 Å². The number of likely N-dealkylation sites (tertiary alicyclic amines) is 1. The molecule has 1 unspecified atom stereocenters. The van der Waals surface area contributed by atoms with E-state index >= 15 is 0 Å². The van der Waals surface area contributed by atoms with Gasteiger partial charge in [0.15, 0.2) is 5.69 Å². The predicted molar refractivity (Wildman–Crippen MR) is 86.3 cm³/mol. The van der Waals surface area contributed by atoms with Crippen LogP contribution in [0, 0.1) is 0 Å². The third-order valence-electron chi connectivity index (χ3n) is 4.98. The molecule has 2 aromatic rings. The average molecular weight is 344 g/mol. The molecule has 25 heavy (non-hydrogen) atoms. The molecule has 1 amide bonds. The maximum Gasteiger partial charge on any atom is 0.358 e. The minimum absolute atomic E-state index is 0.0103. The summed E-state index contributed by atoms with van der Waals surface area (Å²) in [6.45, 7) is 2.04. The van der Waals surface area contributed by atoms with Crippen LogP contribution < -0.4 is 0 Å². The number of hydrogen-bond acceptors (Lipinski definition) is 5. The number of aromatic carboxylic acids is 1. The Kier molecular flexibility index (Phi) is 3.98. The van der Waals surface area contributed by atoms with Crippen molar-refractivity contribution in [1.29, 1.82) is 0 Å². The summed E-state index contributed by atoms with van der Waals surface area (Å²) in [4.78, 5) is 30.1. The molecule has 1 N–H and O–H groups in total. The van der Waals surface area contributed by atoms with Crippen molar-refractivity contribution < 1.29 is 14.7 Å². The van der Waals surface area contributed by atoms with E-state index in [1.807, 2.05) is 9.47 Å². The predicted octanol–water partition coefficient (Wildman–Crippen LogP) is 0.986. The number of amides is 1. The summed E-state index contributed by atoms with van der Waals surface area (Å²) < 4.78 is 3.60. The molecule has 1 atom stereocenters. The van der Waals surface area contributed by atoms with E-state index in [-0.39, 0.29) is 17.6 Å². The minimum atomic E-state index is -1.10. The molecular weight excluding hydrogens is 324 g/mol. The fraction of sp³-hybridized carbons (Fsp3) is 0.562. The molecule has 9 heteroatoms. The number of rotatable bonds is 3. The molecule has 1 fully saturated rings. The van der Waals surface area contributed by atoms with Gasteiger partial charge in [-0.1, -0.05) is 5.21 Å². The first kappa shape index (κ1) is 15.8. The molecule has 2 aromatic heterocycles. The molecule has 1 saturated heterocycles. The lowest BCUT2D eigenvalue weighted by Crippen LogP contribution is -2.41. The summed E-state index contributed by atoms with van der Waals surface area (Å²) in [6, 6.07) is -0.0537. The number of piperidine rings is 1. The molecule has 2 aliphatic rings. The van der Waals surface area contributed by atoms with Crippen LogP contribution >= 0.6 is 0 Å². The van der Waals surface area contributed by atoms with Gasteiger partial charge in [-0.05, 0) is 25.7 Å². The summed E-state index contributed by atoms with van der Waals surface area (Å²) in [5.41, 5.74) is 0.577. The molecule has 0 radical (unpaired) electrons. The Morgan fingerprint density at radius 2 is 2.08 bits per heavy atom. The average Bonchev–Trinajstić information content (AvgIpc) is 3.28. The quantitative estimate of drug-likeness (QED) is 0.890. The van der Waals surface area contributed by atoms with Gasteiger partial charge in [0.25, 0.3) is 5.91 Å². The largest absolute Gasteiger partial charge is 0.476 e. The zero-order valence-electron chi connectivity index (χ0n) is 13.8. The molecule has 0 bridgehead atoms. The van der Waals surface area contributed by atoms with Crippen molar-refractivity contribution in [2.45, 2.75) is 44.7 Å². The Balaban J connectivity index is 1.51. The Bertz CT molecular complexity index is 811. The second kappa shape index (κ2) is 6.30. The molecule has 0 aliphatic carbocycles. The Hall–Kier alpha value is -2.71. The van der Waals surface area contributed by atoms with E-state index in [1.165, 1.54) is 6.20 Å². The number of aromatic nitrogens is 5. The lowest BCUT2D eigenvalue weighted by Gasteiger charge is -2.32. The second-order valence-electron chi connectivity index (χ2n) is 6.60. The highest BCUT2D eigenvalue weighted by molar-refractivity contribution is 5.92. The number of aryl methyl sites for hydroxylation is 1. The van der Waals surface area contributed by atoms with Crippen LogP contribution in [0.25, 0.3) is 0 Å². The van der Waals surface area contributed by atoms with Crippen LogP contribution in [0.4, 0.5) is 0 Å². The van der Waals surface area contributed by atoms with E-state index in [2.05, 4.69) is 15.3 Å². The van der Waals surface area contributed by atoms with Gasteiger partial charge in [-0.2, -0.15) is 0 Å². The Labute approximate surface area is 144 Å². The van der Waals surface area contributed by atoms with E-state index < -0.39 is 5.97 Å². The van der Waals surface area contributed by atoms with Crippen LogP contribution in [0.1, 0.15) is 58.5 Å². The third kappa shape index (κ3) is 2.90. The van der Waals surface area contributed by atoms with Crippen LogP contribution in [0.15, 0.2) is 12.4 Å². The molecule has 9 nitrogen and oxygen atoms in total. The van der Waals surface area contributed by atoms with E-state index in [9.17, 15) is 9.59 Å². The van der Waals surface area contributed by atoms with Crippen LogP contribution in [0.3, 0.4) is 0 Å². The van der Waals surface area contributed by atoms with Crippen LogP contribution in [0.2, 0.25) is 0 Å². The summed E-state index contributed by atoms with van der Waals surface area (Å²) in [5, 5.41) is 16.6. The highest BCUT2D eigenvalue weighted by atomic mass is 16.4. The van der Waals surface area contributed by atoms with Crippen molar-refractivity contribution in [1.82, 2.24) is 29.4 Å². The van der Waals surface area contributed by atoms with E-state index in [0.717, 1.165) is 44.5 Å². The molecule has 0 aromatic carbocycles. The van der Waals surface area contributed by atoms with Gasteiger partial charge in [0, 0.05) is 26.1 Å². The summed E-state index contributed by atoms with van der Waals surface area (Å²) >= 11 is 0. The fourth-order valence-corrected chi connectivity index (χ4v) is 3.66. The van der Waals surface area contributed by atoms with Crippen molar-refractivity contribution in [2.24, 2.45) is 0 Å². The summed E-state index contributed by atoms with van der Waals surface area (Å²) in [6.07, 6.45) is 7.92. The Morgan fingerprint density at radius 3 is 2.88 bits per heavy atom. The zero-order chi connectivity index (χ0) is 17.4. The van der Waals surface area contributed by atoms with Gasteiger partial charge < -0.3 is 14.6 Å². The van der Waals surface area contributed by atoms with Gasteiger partial charge in [-0.15, -0.1) is 5.10 Å². The molecule has 4 rings (SSSR count). The maximum absolute atomic E-state index is 12.9. The number of carbonyl (C=O) groups is 2. The van der Waals surface area contributed by atoms with Crippen LogP contribution in [-0.4, -0.2) is 59.5 Å². The van der Waals surface area contributed by atoms with Crippen molar-refractivity contribution in [3.63, 3.8) is 0 Å². The number of imidazole rings is 1. The van der Waals surface area contributed by atoms with Gasteiger partial charge in [-0.25, -0.2) is 14.5 Å². The highest BCUT2D eigenvalue weighted by Crippen LogP contribution is 2.24. The molecule has 4 heterocycles. The van der Waals surface area contributed by atoms with Gasteiger partial charge in [0.2, 0.25) is 0 Å². The SMILES string of the molecule is O=C(O)c1cn(C2CCCN(C(=O)c3cnc4n3CCCC4)C2)nn1. The van der Waals surface area contributed by atoms with Gasteiger partial charge in [-0.3, -0.25) is 4.79 Å². The Morgan fingerprint density at radius 1 is 1.20 bits per heavy atom. The smallest absolute Gasteiger partial charge is 0.358 e. The van der Waals surface area contributed by atoms with E-state index in [1.54, 1.807) is 10.9 Å². The monoisotopic (exact) mass is 344 g/mol. The molecule has 132 valence electrons. The number of nitrogens with zero attached hydrogens (tertiary/aromatic N) is 6. The van der Waals surface area contributed by atoms with E-state index in [0.29, 0.717) is 18.8 Å². The third-order valence-corrected chi connectivity index (χ3v) is 4.98. The zero-order valence-corrected chi connectivity index (χ0v) is 13.8. The molecule has 0 saturated carbocycles. The first-order valence-electron chi connectivity index (χ1n) is 8.62. The van der Waals surface area contributed by atoms with Gasteiger partial charge in [0.05, 0.1) is 18.4 Å². The standard InChI is InChI=1S/C16H20N6O3/c23-15(13-8-17-14-5-1-2-7-21(13)14)20-6-3-4-11(9-20)22-10-12(16(24)25)18-19-22/h8,10-11H,1-7,9H2,(H,24,25). The first-order chi connectivity index (χ1) is 12.1. The van der Waals surface area contributed by atoms with Crippen molar-refractivity contribution in [2.75, 3.05) is 13.1 Å². The van der Waals surface area contributed by atoms with Crippen LogP contribution in [0.5, 0.6) is 0 Å². The number of hydrogen-bond donors (Lipinski definition) is 1. The molecular formula is C16H20N6O3. The highest BCUT2D eigenvalue weighted by Gasteiger charge is 2.29. The van der Waals surface area contributed by atoms with Gasteiger partial charge >= 0.3 is 5.97 Å². The van der Waals surface area contributed by atoms with E-state index in [4.69, 9.17) is 5.11 Å². The fourth-order valence-electron chi connectivity index (χ4n) is 3.66. The number of carbonyl (C=O) groups excluding carboxylic acids is 1. The lowest BCUT2D eigenvalue weighted by atomic mass is 10.1. The number of carboxylic acids is 1. The minimum Gasteiger partial charge on any atom is -0.476 e. The molecule has 2 aliphatic heterocycles. The van der Waals surface area contributed by atoms with Crippen molar-refractivity contribution >= 4 is 11.9 Å². The first-order valence-corrected chi connectivity index (χ1v) is 8.62.